The standard InChI is InChI=1S/C28H31O7P.2Na.3H2O/c1-15(2)20-13-25(29)17(5)11-23(20)28(22-10-8-7-9-19(22)27(30)34-28)24-12-18(6)26(35-36(31,32)33)14-21(24)16(3)4;;;;;/h7-16,29H,1-6H3,(H2,31,32,33);;;3*1H2/q;2*+1;;;/p-2. The van der Waals surface area contributed by atoms with Crippen LogP contribution in [0.4, 0.5) is 0 Å². The molecule has 13 heteroatoms. The molecule has 1 unspecified atom stereocenters. The molecule has 41 heavy (non-hydrogen) atoms. The van der Waals surface area contributed by atoms with E-state index in [2.05, 4.69) is 0 Å². The number of aryl methyl sites for hydroxylation is 2. The second kappa shape index (κ2) is 15.5. The van der Waals surface area contributed by atoms with Gasteiger partial charge in [0.05, 0.1) is 5.56 Å². The smallest absolute Gasteiger partial charge is 0.780 e. The number of cyclic esters (lactones) is 1. The molecular formula is C28H35Na2O10P. The summed E-state index contributed by atoms with van der Waals surface area (Å²) in [5, 5.41) is 10.5. The second-order valence-electron chi connectivity index (χ2n) is 9.90. The van der Waals surface area contributed by atoms with Gasteiger partial charge in [0, 0.05) is 16.7 Å². The van der Waals surface area contributed by atoms with Gasteiger partial charge in [-0.15, -0.1) is 0 Å². The Kier molecular flexibility index (Phi) is 15.8. The number of phosphoric acid groups is 1. The monoisotopic (exact) mass is 608 g/mol. The van der Waals surface area contributed by atoms with E-state index >= 15 is 0 Å². The summed E-state index contributed by atoms with van der Waals surface area (Å²) in [5.41, 5.74) is 3.54. The Morgan fingerprint density at radius 2 is 1.32 bits per heavy atom. The summed E-state index contributed by atoms with van der Waals surface area (Å²) < 4.78 is 22.5. The first-order valence-electron chi connectivity index (χ1n) is 11.8. The Hall–Kier alpha value is -1.24. The number of fused-ring (bicyclic) bond motifs is 1. The van der Waals surface area contributed by atoms with Crippen LogP contribution in [0.2, 0.25) is 0 Å². The number of hydrogen-bond acceptors (Lipinski definition) is 7. The number of hydrogen-bond donors (Lipinski definition) is 1. The molecule has 0 bridgehead atoms. The van der Waals surface area contributed by atoms with Gasteiger partial charge < -0.3 is 45.1 Å². The summed E-state index contributed by atoms with van der Waals surface area (Å²) in [7, 11) is -5.29. The average Bonchev–Trinajstić information content (AvgIpc) is 3.08. The molecule has 1 heterocycles. The summed E-state index contributed by atoms with van der Waals surface area (Å²) in [6.07, 6.45) is 0. The van der Waals surface area contributed by atoms with Crippen molar-refractivity contribution < 1.29 is 109 Å². The number of phenols is 1. The van der Waals surface area contributed by atoms with Crippen molar-refractivity contribution in [1.82, 2.24) is 0 Å². The van der Waals surface area contributed by atoms with Gasteiger partial charge >= 0.3 is 65.1 Å². The van der Waals surface area contributed by atoms with E-state index in [-0.39, 0.29) is 98.9 Å². The first kappa shape index (κ1) is 41.9. The van der Waals surface area contributed by atoms with Crippen molar-refractivity contribution in [3.05, 3.63) is 93.0 Å². The summed E-state index contributed by atoms with van der Waals surface area (Å²) >= 11 is 0. The van der Waals surface area contributed by atoms with E-state index in [1.807, 2.05) is 45.9 Å². The maximum atomic E-state index is 13.3. The van der Waals surface area contributed by atoms with Crippen LogP contribution in [0, 0.1) is 13.8 Å². The van der Waals surface area contributed by atoms with Crippen LogP contribution < -0.4 is 73.4 Å². The first-order chi connectivity index (χ1) is 16.8. The fraction of sp³-hybridized carbons (Fsp3) is 0.321. The third-order valence-corrected chi connectivity index (χ3v) is 7.12. The van der Waals surface area contributed by atoms with Crippen LogP contribution >= 0.6 is 7.82 Å². The van der Waals surface area contributed by atoms with E-state index in [1.165, 1.54) is 6.07 Å². The molecule has 0 fully saturated rings. The van der Waals surface area contributed by atoms with Gasteiger partial charge in [-0.2, -0.15) is 0 Å². The van der Waals surface area contributed by atoms with Gasteiger partial charge in [-0.3, -0.25) is 0 Å². The number of esters is 1. The predicted molar refractivity (Wildman–Crippen MR) is 143 cm³/mol. The molecule has 0 aliphatic carbocycles. The van der Waals surface area contributed by atoms with Gasteiger partial charge in [0.25, 0.3) is 0 Å². The predicted octanol–water partition coefficient (Wildman–Crippen LogP) is -3.54. The fourth-order valence-electron chi connectivity index (χ4n) is 4.96. The normalized spacial score (nSPS) is 15.3. The van der Waals surface area contributed by atoms with Crippen LogP contribution in [-0.2, 0) is 14.9 Å². The zero-order chi connectivity index (χ0) is 26.6. The largest absolute Gasteiger partial charge is 1.00 e. The van der Waals surface area contributed by atoms with Gasteiger partial charge in [-0.1, -0.05) is 45.9 Å². The van der Waals surface area contributed by atoms with Crippen LogP contribution in [0.25, 0.3) is 0 Å². The Balaban J connectivity index is 0. The number of aromatic hydroxyl groups is 1. The van der Waals surface area contributed by atoms with E-state index in [4.69, 9.17) is 9.26 Å². The molecule has 1 aliphatic heterocycles. The number of phosphoric ester groups is 1. The van der Waals surface area contributed by atoms with Gasteiger partial charge in [0.1, 0.15) is 19.3 Å². The number of carbonyl (C=O) groups is 1. The minimum Gasteiger partial charge on any atom is -0.780 e. The molecule has 3 aromatic carbocycles. The third-order valence-electron chi connectivity index (χ3n) is 6.70. The van der Waals surface area contributed by atoms with Crippen LogP contribution in [0.5, 0.6) is 11.5 Å². The van der Waals surface area contributed by atoms with E-state index in [1.54, 1.807) is 38.1 Å². The number of ether oxygens (including phenoxy) is 1. The molecule has 0 saturated heterocycles. The number of phenolic OH excluding ortho intramolecular Hbond substituents is 1. The Morgan fingerprint density at radius 1 is 0.829 bits per heavy atom. The minimum absolute atomic E-state index is 0. The van der Waals surface area contributed by atoms with Gasteiger partial charge in [0.15, 0.2) is 5.60 Å². The molecule has 1 aliphatic rings. The quantitative estimate of drug-likeness (QED) is 0.169. The maximum Gasteiger partial charge on any atom is 1.00 e. The van der Waals surface area contributed by atoms with Crippen molar-refractivity contribution in [3.63, 3.8) is 0 Å². The molecular weight excluding hydrogens is 573 g/mol. The van der Waals surface area contributed by atoms with Gasteiger partial charge in [0.2, 0.25) is 0 Å². The third kappa shape index (κ3) is 7.84. The minimum atomic E-state index is -5.29. The van der Waals surface area contributed by atoms with E-state index in [0.29, 0.717) is 38.9 Å². The van der Waals surface area contributed by atoms with Crippen LogP contribution in [-0.4, -0.2) is 27.5 Å². The molecule has 1 atom stereocenters. The molecule has 214 valence electrons. The number of rotatable bonds is 6. The Bertz CT molecular complexity index is 1420. The van der Waals surface area contributed by atoms with Crippen molar-refractivity contribution in [3.8, 4) is 11.5 Å². The van der Waals surface area contributed by atoms with Crippen LogP contribution in [0.1, 0.15) is 88.8 Å². The summed E-state index contributed by atoms with van der Waals surface area (Å²) in [5.74, 6) is -0.574. The molecule has 7 N–H and O–H groups in total. The first-order valence-corrected chi connectivity index (χ1v) is 13.3. The van der Waals surface area contributed by atoms with Gasteiger partial charge in [-0.05, 0) is 78.3 Å². The van der Waals surface area contributed by atoms with Crippen molar-refractivity contribution in [2.45, 2.75) is 59.0 Å². The Morgan fingerprint density at radius 3 is 1.83 bits per heavy atom. The topological polar surface area (TPSA) is 213 Å². The zero-order valence-corrected chi connectivity index (χ0v) is 29.5. The Labute approximate surface area is 284 Å². The SMILES string of the molecule is Cc1cc(C2(c3cc(C)c(OP(=O)([O-])[O-])cc3C(C)C)OC(=O)c3ccccc32)c(C(C)C)cc1O.O.O.O.[Na+].[Na+]. The molecule has 0 aromatic heterocycles. The molecule has 0 saturated carbocycles. The summed E-state index contributed by atoms with van der Waals surface area (Å²) in [4.78, 5) is 36.1. The van der Waals surface area contributed by atoms with Gasteiger partial charge in [-0.25, -0.2) is 4.79 Å². The van der Waals surface area contributed by atoms with Crippen molar-refractivity contribution >= 4 is 13.8 Å². The molecule has 4 rings (SSSR count). The molecule has 3 aromatic rings. The molecule has 10 nitrogen and oxygen atoms in total. The summed E-state index contributed by atoms with van der Waals surface area (Å²) in [6, 6.07) is 14.0. The van der Waals surface area contributed by atoms with E-state index in [0.717, 1.165) is 5.56 Å². The van der Waals surface area contributed by atoms with Crippen molar-refractivity contribution in [2.75, 3.05) is 0 Å². The molecule has 0 radical (unpaired) electrons. The van der Waals surface area contributed by atoms with E-state index in [9.17, 15) is 24.3 Å². The van der Waals surface area contributed by atoms with Crippen LogP contribution in [0.15, 0.2) is 48.5 Å². The van der Waals surface area contributed by atoms with E-state index < -0.39 is 19.4 Å². The average molecular weight is 609 g/mol. The number of benzene rings is 3. The maximum absolute atomic E-state index is 13.3. The van der Waals surface area contributed by atoms with Crippen molar-refractivity contribution in [1.29, 1.82) is 0 Å². The second-order valence-corrected chi connectivity index (χ2v) is 11.0. The zero-order valence-electron chi connectivity index (χ0n) is 24.6. The molecule has 0 spiro atoms. The number of carbonyl (C=O) groups excluding carboxylic acids is 1. The summed E-state index contributed by atoms with van der Waals surface area (Å²) in [6.45, 7) is 11.3. The molecule has 0 amide bonds. The fourth-order valence-corrected chi connectivity index (χ4v) is 5.40. The van der Waals surface area contributed by atoms with Crippen LogP contribution in [0.3, 0.4) is 0 Å². The van der Waals surface area contributed by atoms with Crippen molar-refractivity contribution in [2.24, 2.45) is 0 Å².